The maximum atomic E-state index is 11.6. The van der Waals surface area contributed by atoms with E-state index in [9.17, 15) is 8.42 Å². The zero-order valence-corrected chi connectivity index (χ0v) is 80.3. The number of nitrogens with one attached hydrogen (secondary N) is 2. The number of unbranched alkanes of at least 4 members (excludes halogenated alkanes) is 45. The van der Waals surface area contributed by atoms with E-state index in [1.54, 1.807) is 0 Å². The molecule has 3 aromatic heterocycles. The molecule has 0 saturated heterocycles. The minimum Gasteiger partial charge on any atom is -0.494 e. The Kier molecular flexibility index (Phi) is 49.6. The number of hydrogen-bond donors (Lipinski definition) is 2. The summed E-state index contributed by atoms with van der Waals surface area (Å²) in [6, 6.07) is 36.8. The van der Waals surface area contributed by atoms with Crippen LogP contribution in [-0.2, 0) is 14.3 Å². The number of rotatable bonds is 73. The SMILES string of the molecule is CCCCCCCCCCOc1cc(OCCCCCCCCCC)cc(-c2c3nc(c(-c4cc(OCCCCCCCCCC)cc(OCCCCCCCCCC)c4)c4ccc([nH]4)c(-c4cc(OCCCCCCCCCC)cc(OCCCCCCCCCC)c4)c4nc(c(-c5ccc(OCCCCCCOS(C)(=O)=O)cc5)c5ccc2[nH]5)C=C4)C=C3)c1. The first kappa shape index (κ1) is 102. The highest BCUT2D eigenvalue weighted by atomic mass is 32.2. The second-order valence-electron chi connectivity index (χ2n) is 35.8. The van der Waals surface area contributed by atoms with Crippen molar-refractivity contribution in [3.8, 4) is 84.8 Å². The first-order valence-corrected chi connectivity index (χ1v) is 52.8. The van der Waals surface area contributed by atoms with Crippen molar-refractivity contribution in [2.45, 2.75) is 375 Å². The van der Waals surface area contributed by atoms with Crippen LogP contribution in [0.4, 0.5) is 0 Å². The summed E-state index contributed by atoms with van der Waals surface area (Å²) < 4.78 is 76.2. The lowest BCUT2D eigenvalue weighted by Crippen LogP contribution is -2.04. The molecule has 0 spiro atoms. The van der Waals surface area contributed by atoms with Gasteiger partial charge in [-0.05, 0) is 177 Å². The van der Waals surface area contributed by atoms with Gasteiger partial charge < -0.3 is 43.1 Å². The lowest BCUT2D eigenvalue weighted by atomic mass is 10.0. The van der Waals surface area contributed by atoms with Gasteiger partial charge >= 0.3 is 0 Å². The van der Waals surface area contributed by atoms with Gasteiger partial charge in [-0.15, -0.1) is 0 Å². The maximum absolute atomic E-state index is 11.6. The summed E-state index contributed by atoms with van der Waals surface area (Å²) in [5.41, 5.74) is 14.0. The van der Waals surface area contributed by atoms with Crippen molar-refractivity contribution >= 4 is 56.5 Å². The quantitative estimate of drug-likeness (QED) is 0.0274. The molecule has 694 valence electrons. The minimum absolute atomic E-state index is 0.189. The van der Waals surface area contributed by atoms with E-state index < -0.39 is 10.1 Å². The lowest BCUT2D eigenvalue weighted by Gasteiger charge is -2.14. The van der Waals surface area contributed by atoms with E-state index in [0.29, 0.717) is 52.7 Å². The van der Waals surface area contributed by atoms with Crippen molar-refractivity contribution < 1.29 is 45.8 Å². The van der Waals surface area contributed by atoms with E-state index in [2.05, 4.69) is 179 Å². The van der Waals surface area contributed by atoms with Crippen LogP contribution in [0.5, 0.6) is 40.2 Å². The number of H-pyrrole nitrogens is 2. The van der Waals surface area contributed by atoms with Gasteiger partial charge in [0.1, 0.15) is 40.2 Å². The summed E-state index contributed by atoms with van der Waals surface area (Å²) in [6.07, 6.45) is 71.3. The molecule has 0 atom stereocenters. The van der Waals surface area contributed by atoms with Crippen LogP contribution >= 0.6 is 0 Å². The Morgan fingerprint density at radius 2 is 0.413 bits per heavy atom. The van der Waals surface area contributed by atoms with Crippen LogP contribution in [0.2, 0.25) is 0 Å². The Hall–Kier alpha value is -8.01. The monoisotopic (exact) mass is 1750 g/mol. The first-order valence-electron chi connectivity index (χ1n) is 50.9. The van der Waals surface area contributed by atoms with Gasteiger partial charge in [-0.1, -0.05) is 330 Å². The highest BCUT2D eigenvalue weighted by Crippen LogP contribution is 2.44. The van der Waals surface area contributed by atoms with Crippen LogP contribution in [0.15, 0.2) is 103 Å². The van der Waals surface area contributed by atoms with Crippen molar-refractivity contribution in [1.29, 1.82) is 0 Å². The van der Waals surface area contributed by atoms with Gasteiger partial charge in [0.25, 0.3) is 10.1 Å². The van der Waals surface area contributed by atoms with Gasteiger partial charge in [0.15, 0.2) is 0 Å². The number of aromatic nitrogens is 4. The zero-order valence-electron chi connectivity index (χ0n) is 79.4. The average molecular weight is 1750 g/mol. The third kappa shape index (κ3) is 38.3. The Balaban J connectivity index is 1.25. The summed E-state index contributed by atoms with van der Waals surface area (Å²) in [5, 5.41) is 0. The van der Waals surface area contributed by atoms with Crippen molar-refractivity contribution in [3.05, 3.63) is 126 Å². The van der Waals surface area contributed by atoms with Crippen LogP contribution in [0, 0.1) is 0 Å². The molecule has 4 aromatic carbocycles. The fourth-order valence-corrected chi connectivity index (χ4v) is 17.7. The largest absolute Gasteiger partial charge is 0.494 e. The molecule has 8 bridgehead atoms. The summed E-state index contributed by atoms with van der Waals surface area (Å²) in [4.78, 5) is 20.0. The molecule has 0 aliphatic carbocycles. The molecule has 2 aliphatic rings. The molecule has 0 unspecified atom stereocenters. The molecule has 0 radical (unpaired) electrons. The molecule has 126 heavy (non-hydrogen) atoms. The smallest absolute Gasteiger partial charge is 0.264 e. The van der Waals surface area contributed by atoms with Crippen LogP contribution in [-0.4, -0.2) is 87.5 Å². The Bertz CT molecular complexity index is 4310. The number of benzene rings is 4. The van der Waals surface area contributed by atoms with E-state index in [0.717, 1.165) is 232 Å². The van der Waals surface area contributed by atoms with E-state index in [-0.39, 0.29) is 6.61 Å². The number of ether oxygens (including phenoxy) is 7. The van der Waals surface area contributed by atoms with Crippen LogP contribution < -0.4 is 33.2 Å². The Morgan fingerprint density at radius 1 is 0.222 bits per heavy atom. The molecule has 15 heteroatoms. The highest BCUT2D eigenvalue weighted by molar-refractivity contribution is 7.86. The molecular weight excluding hydrogens is 1580 g/mol. The van der Waals surface area contributed by atoms with Gasteiger partial charge in [0, 0.05) is 62.5 Å². The molecule has 5 heterocycles. The summed E-state index contributed by atoms with van der Waals surface area (Å²) in [7, 11) is -3.47. The summed E-state index contributed by atoms with van der Waals surface area (Å²) >= 11 is 0. The van der Waals surface area contributed by atoms with E-state index in [1.807, 2.05) is 0 Å². The average Bonchev–Trinajstić information content (AvgIpc) is 1.60. The molecule has 0 fully saturated rings. The number of nitrogens with zero attached hydrogens (tertiary/aromatic N) is 2. The normalized spacial score (nSPS) is 12.0. The fourth-order valence-electron chi connectivity index (χ4n) is 17.3. The third-order valence-electron chi connectivity index (χ3n) is 24.6. The second kappa shape index (κ2) is 61.5. The predicted octanol–water partition coefficient (Wildman–Crippen LogP) is 33.4. The number of hydrogen-bond acceptors (Lipinski definition) is 12. The molecule has 9 rings (SSSR count). The van der Waals surface area contributed by atoms with E-state index in [4.69, 9.17) is 47.3 Å². The summed E-state index contributed by atoms with van der Waals surface area (Å²) in [6.45, 7) is 18.1. The second-order valence-corrected chi connectivity index (χ2v) is 37.5. The standard InChI is InChI=1S/C111H164N4O10S/c1-8-14-20-26-32-38-44-52-73-119-94-80-90(81-95(86-94)120-74-53-45-39-33-27-21-15-9-2)109-102-66-64-100(112-102)108(89-60-62-93(63-61-89)118-72-58-50-51-59-79-125-126(7,116)117)101-65-67-103(113-101)110(91-82-96(121-75-54-46-40-34-28-22-16-10-3)87-97(83-91)122-76-55-47-41-35-29-23-17-11-4)105-69-71-107(115-105)111(106-70-68-104(109)114-106)92-84-98(123-77-56-48-42-36-30-24-18-12-5)88-99(85-92)124-78-57-49-43-37-31-25-19-13-6/h60-71,80-88,112,115H,8-59,72-79H2,1-7H3. The fraction of sp³-hybridized carbons (Fsp3) is 0.604. The molecule has 14 nitrogen and oxygen atoms in total. The molecule has 2 N–H and O–H groups in total. The van der Waals surface area contributed by atoms with Crippen LogP contribution in [0.3, 0.4) is 0 Å². The van der Waals surface area contributed by atoms with Gasteiger partial charge in [-0.3, -0.25) is 4.18 Å². The Labute approximate surface area is 762 Å². The maximum Gasteiger partial charge on any atom is 0.264 e. The van der Waals surface area contributed by atoms with Gasteiger partial charge in [-0.25, -0.2) is 9.97 Å². The van der Waals surface area contributed by atoms with Gasteiger partial charge in [0.05, 0.1) is 81.9 Å². The van der Waals surface area contributed by atoms with Crippen molar-refractivity contribution in [2.24, 2.45) is 0 Å². The van der Waals surface area contributed by atoms with Crippen LogP contribution in [0.1, 0.15) is 398 Å². The van der Waals surface area contributed by atoms with Crippen molar-refractivity contribution in [2.75, 3.05) is 59.1 Å². The summed E-state index contributed by atoms with van der Waals surface area (Å²) in [5.74, 6) is 5.39. The predicted molar refractivity (Wildman–Crippen MR) is 534 cm³/mol. The van der Waals surface area contributed by atoms with Crippen molar-refractivity contribution in [1.82, 2.24) is 19.9 Å². The molecule has 0 amide bonds. The van der Waals surface area contributed by atoms with E-state index >= 15 is 0 Å². The first-order chi connectivity index (χ1) is 62.0. The lowest BCUT2D eigenvalue weighted by molar-refractivity contribution is 0.289. The number of aromatic amines is 2. The minimum atomic E-state index is -3.47. The number of fused-ring (bicyclic) bond motifs is 8. The highest BCUT2D eigenvalue weighted by Gasteiger charge is 2.23. The Morgan fingerprint density at radius 3 is 0.627 bits per heavy atom. The van der Waals surface area contributed by atoms with E-state index in [1.165, 1.54) is 231 Å². The molecular formula is C111H164N4O10S. The van der Waals surface area contributed by atoms with Crippen molar-refractivity contribution in [3.63, 3.8) is 0 Å². The van der Waals surface area contributed by atoms with Gasteiger partial charge in [0.2, 0.25) is 0 Å². The zero-order chi connectivity index (χ0) is 88.5. The van der Waals surface area contributed by atoms with Gasteiger partial charge in [-0.2, -0.15) is 8.42 Å². The topological polar surface area (TPSA) is 165 Å². The molecule has 2 aliphatic heterocycles. The van der Waals surface area contributed by atoms with Crippen LogP contribution in [0.25, 0.3) is 90.9 Å². The molecule has 7 aromatic rings. The molecule has 0 saturated carbocycles. The third-order valence-corrected chi connectivity index (χ3v) is 25.2.